The van der Waals surface area contributed by atoms with E-state index in [0.717, 1.165) is 5.56 Å². The number of nitrogens with zero attached hydrogens (tertiary/aromatic N) is 4. The van der Waals surface area contributed by atoms with Gasteiger partial charge in [-0.2, -0.15) is 4.99 Å². The van der Waals surface area contributed by atoms with Crippen molar-refractivity contribution in [3.8, 4) is 0 Å². The lowest BCUT2D eigenvalue weighted by atomic mass is 10.2. The highest BCUT2D eigenvalue weighted by Crippen LogP contribution is 2.14. The SMILES string of the molecule is CCOC(=O)c1cc2c(=O)n3cccc(C)c3nc2n(CCCOC)c1=NC(=O)/C=C/C=C/SC. The summed E-state index contributed by atoms with van der Waals surface area (Å²) in [6, 6.07) is 5.03. The van der Waals surface area contributed by atoms with Crippen molar-refractivity contribution in [1.29, 1.82) is 0 Å². The Morgan fingerprint density at radius 3 is 2.77 bits per heavy atom. The van der Waals surface area contributed by atoms with E-state index in [1.807, 2.05) is 24.7 Å². The van der Waals surface area contributed by atoms with Crippen LogP contribution in [-0.4, -0.2) is 52.4 Å². The fourth-order valence-electron chi connectivity index (χ4n) is 3.55. The van der Waals surface area contributed by atoms with E-state index in [0.29, 0.717) is 30.9 Å². The number of pyridine rings is 2. The van der Waals surface area contributed by atoms with E-state index in [1.54, 1.807) is 43.0 Å². The first-order chi connectivity index (χ1) is 16.9. The topological polar surface area (TPSA) is 104 Å². The van der Waals surface area contributed by atoms with Gasteiger partial charge in [0.15, 0.2) is 5.49 Å². The standard InChI is InChI=1S/C25H28N4O5S/c1-5-34-25(32)19-16-18-22(27-21-17(2)10-8-12-29(21)24(18)31)28(13-9-14-33-3)23(19)26-20(30)11-6-7-15-35-4/h6-8,10-12,15-16H,5,9,13-14H2,1-4H3/b11-6+,15-7+,26-23?. The van der Waals surface area contributed by atoms with Gasteiger partial charge in [0, 0.05) is 32.5 Å². The molecule has 0 aliphatic rings. The number of esters is 1. The highest BCUT2D eigenvalue weighted by molar-refractivity contribution is 8.01. The fraction of sp³-hybridized carbons (Fsp3) is 0.320. The van der Waals surface area contributed by atoms with Gasteiger partial charge in [-0.15, -0.1) is 11.8 Å². The van der Waals surface area contributed by atoms with E-state index in [-0.39, 0.29) is 28.6 Å². The summed E-state index contributed by atoms with van der Waals surface area (Å²) in [6.07, 6.45) is 8.67. The summed E-state index contributed by atoms with van der Waals surface area (Å²) >= 11 is 1.50. The number of amides is 1. The predicted molar refractivity (Wildman–Crippen MR) is 137 cm³/mol. The number of allylic oxidation sites excluding steroid dienone is 2. The fourth-order valence-corrected chi connectivity index (χ4v) is 3.80. The van der Waals surface area contributed by atoms with Crippen molar-refractivity contribution in [2.75, 3.05) is 26.6 Å². The van der Waals surface area contributed by atoms with Crippen LogP contribution in [-0.2, 0) is 20.8 Å². The number of carbonyl (C=O) groups excluding carboxylic acids is 2. The zero-order valence-electron chi connectivity index (χ0n) is 20.2. The molecule has 3 aromatic rings. The van der Waals surface area contributed by atoms with Crippen molar-refractivity contribution >= 4 is 40.3 Å². The maximum atomic E-state index is 13.4. The lowest BCUT2D eigenvalue weighted by Gasteiger charge is -2.15. The molecule has 3 rings (SSSR count). The van der Waals surface area contributed by atoms with Crippen LogP contribution in [0.4, 0.5) is 0 Å². The van der Waals surface area contributed by atoms with Gasteiger partial charge in [-0.05, 0) is 49.6 Å². The van der Waals surface area contributed by atoms with Gasteiger partial charge in [-0.1, -0.05) is 18.2 Å². The first kappa shape index (κ1) is 26.1. The van der Waals surface area contributed by atoms with Crippen LogP contribution in [0, 0.1) is 6.92 Å². The minimum atomic E-state index is -0.679. The summed E-state index contributed by atoms with van der Waals surface area (Å²) < 4.78 is 13.5. The van der Waals surface area contributed by atoms with Crippen molar-refractivity contribution in [3.63, 3.8) is 0 Å². The molecule has 0 saturated heterocycles. The van der Waals surface area contributed by atoms with Crippen molar-refractivity contribution in [1.82, 2.24) is 14.0 Å². The molecule has 1 amide bonds. The second-order valence-electron chi connectivity index (χ2n) is 7.51. The van der Waals surface area contributed by atoms with Gasteiger partial charge in [-0.25, -0.2) is 9.78 Å². The first-order valence-electron chi connectivity index (χ1n) is 11.1. The lowest BCUT2D eigenvalue weighted by Crippen LogP contribution is -2.33. The van der Waals surface area contributed by atoms with E-state index < -0.39 is 11.9 Å². The molecule has 10 heteroatoms. The number of rotatable bonds is 9. The van der Waals surface area contributed by atoms with Crippen molar-refractivity contribution in [2.24, 2.45) is 4.99 Å². The van der Waals surface area contributed by atoms with Crippen molar-refractivity contribution in [3.05, 3.63) is 75.0 Å². The third-order valence-electron chi connectivity index (χ3n) is 5.11. The Labute approximate surface area is 206 Å². The lowest BCUT2D eigenvalue weighted by molar-refractivity contribution is -0.113. The van der Waals surface area contributed by atoms with Crippen LogP contribution >= 0.6 is 11.8 Å². The molecular formula is C25H28N4O5S. The maximum Gasteiger partial charge on any atom is 0.341 e. The third-order valence-corrected chi connectivity index (χ3v) is 5.54. The van der Waals surface area contributed by atoms with E-state index in [9.17, 15) is 14.4 Å². The number of hydrogen-bond acceptors (Lipinski definition) is 7. The molecule has 3 heterocycles. The van der Waals surface area contributed by atoms with E-state index in [2.05, 4.69) is 4.99 Å². The molecule has 0 aliphatic carbocycles. The minimum absolute atomic E-state index is 0.0182. The highest BCUT2D eigenvalue weighted by Gasteiger charge is 2.20. The summed E-state index contributed by atoms with van der Waals surface area (Å²) in [4.78, 5) is 48.0. The zero-order chi connectivity index (χ0) is 25.4. The number of hydrogen-bond donors (Lipinski definition) is 0. The van der Waals surface area contributed by atoms with Gasteiger partial charge in [-0.3, -0.25) is 14.0 Å². The van der Waals surface area contributed by atoms with Crippen LogP contribution in [0.2, 0.25) is 0 Å². The number of aromatic nitrogens is 3. The molecule has 3 aromatic heterocycles. The molecule has 0 radical (unpaired) electrons. The average Bonchev–Trinajstić information content (AvgIpc) is 2.84. The Morgan fingerprint density at radius 1 is 1.26 bits per heavy atom. The Kier molecular flexibility index (Phi) is 9.16. The minimum Gasteiger partial charge on any atom is -0.462 e. The van der Waals surface area contributed by atoms with Crippen LogP contribution in [0.3, 0.4) is 0 Å². The summed E-state index contributed by atoms with van der Waals surface area (Å²) in [5.74, 6) is -1.24. The monoisotopic (exact) mass is 496 g/mol. The quantitative estimate of drug-likeness (QED) is 0.147. The van der Waals surface area contributed by atoms with Crippen molar-refractivity contribution in [2.45, 2.75) is 26.8 Å². The average molecular weight is 497 g/mol. The summed E-state index contributed by atoms with van der Waals surface area (Å²) in [6.45, 7) is 4.41. The van der Waals surface area contributed by atoms with Crippen LogP contribution < -0.4 is 11.0 Å². The Balaban J connectivity index is 2.41. The van der Waals surface area contributed by atoms with Gasteiger partial charge in [0.2, 0.25) is 0 Å². The second-order valence-corrected chi connectivity index (χ2v) is 8.26. The molecular weight excluding hydrogens is 468 g/mol. The third kappa shape index (κ3) is 5.95. The zero-order valence-corrected chi connectivity index (χ0v) is 21.0. The Hall–Kier alpha value is -3.50. The first-order valence-corrected chi connectivity index (χ1v) is 12.4. The van der Waals surface area contributed by atoms with Gasteiger partial charge in [0.25, 0.3) is 11.5 Å². The normalized spacial score (nSPS) is 12.4. The maximum absolute atomic E-state index is 13.4. The number of thioether (sulfide) groups is 1. The molecule has 0 N–H and O–H groups in total. The molecule has 35 heavy (non-hydrogen) atoms. The molecule has 0 bridgehead atoms. The van der Waals surface area contributed by atoms with Gasteiger partial charge in [0.05, 0.1) is 12.0 Å². The molecule has 0 saturated carbocycles. The van der Waals surface area contributed by atoms with Crippen LogP contribution in [0.5, 0.6) is 0 Å². The van der Waals surface area contributed by atoms with Gasteiger partial charge in [0.1, 0.15) is 16.9 Å². The van der Waals surface area contributed by atoms with E-state index >= 15 is 0 Å². The molecule has 0 spiro atoms. The molecule has 184 valence electrons. The molecule has 0 aliphatic heterocycles. The van der Waals surface area contributed by atoms with Crippen LogP contribution in [0.1, 0.15) is 29.3 Å². The van der Waals surface area contributed by atoms with Crippen LogP contribution in [0.15, 0.2) is 57.8 Å². The molecule has 0 aromatic carbocycles. The Morgan fingerprint density at radius 2 is 2.06 bits per heavy atom. The molecule has 9 nitrogen and oxygen atoms in total. The molecule has 0 atom stereocenters. The summed E-state index contributed by atoms with van der Waals surface area (Å²) in [5, 5.41) is 2.04. The summed E-state index contributed by atoms with van der Waals surface area (Å²) in [5.41, 5.74) is 1.38. The highest BCUT2D eigenvalue weighted by atomic mass is 32.2. The summed E-state index contributed by atoms with van der Waals surface area (Å²) in [7, 11) is 1.58. The molecule has 0 fully saturated rings. The van der Waals surface area contributed by atoms with E-state index in [1.165, 1.54) is 28.3 Å². The largest absolute Gasteiger partial charge is 0.462 e. The number of methoxy groups -OCH3 is 1. The smallest absolute Gasteiger partial charge is 0.341 e. The van der Waals surface area contributed by atoms with Crippen LogP contribution in [0.25, 0.3) is 16.7 Å². The number of aryl methyl sites for hydroxylation is 2. The van der Waals surface area contributed by atoms with Crippen molar-refractivity contribution < 1.29 is 19.1 Å². The molecule has 0 unspecified atom stereocenters. The Bertz CT molecular complexity index is 1440. The second kappa shape index (κ2) is 12.3. The number of carbonyl (C=O) groups is 2. The predicted octanol–water partition coefficient (Wildman–Crippen LogP) is 3.03. The van der Waals surface area contributed by atoms with Gasteiger partial charge < -0.3 is 14.0 Å². The number of fused-ring (bicyclic) bond motifs is 2. The number of ether oxygens (including phenoxy) is 2. The van der Waals surface area contributed by atoms with E-state index in [4.69, 9.17) is 14.5 Å². The van der Waals surface area contributed by atoms with Gasteiger partial charge >= 0.3 is 5.97 Å².